The maximum Gasteiger partial charge on any atom is 0.220 e. The zero-order chi connectivity index (χ0) is 29.4. The van der Waals surface area contributed by atoms with Gasteiger partial charge in [0.25, 0.3) is 0 Å². The summed E-state index contributed by atoms with van der Waals surface area (Å²) < 4.78 is 0. The van der Waals surface area contributed by atoms with Gasteiger partial charge in [-0.05, 0) is 38.5 Å². The van der Waals surface area contributed by atoms with Gasteiger partial charge in [0, 0.05) is 6.42 Å². The van der Waals surface area contributed by atoms with Crippen molar-refractivity contribution in [2.24, 2.45) is 0 Å². The Labute approximate surface area is 249 Å². The Morgan fingerprint density at radius 3 is 1.48 bits per heavy atom. The molecule has 0 aromatic heterocycles. The van der Waals surface area contributed by atoms with Crippen LogP contribution in [-0.2, 0) is 4.79 Å². The van der Waals surface area contributed by atoms with Crippen molar-refractivity contribution in [1.29, 1.82) is 0 Å². The lowest BCUT2D eigenvalue weighted by atomic mass is 10.0. The summed E-state index contributed by atoms with van der Waals surface area (Å²) in [5.74, 6) is -0.0675. The molecule has 0 aliphatic carbocycles. The third-order valence-corrected chi connectivity index (χ3v) is 7.91. The van der Waals surface area contributed by atoms with E-state index >= 15 is 0 Å². The van der Waals surface area contributed by atoms with E-state index in [1.54, 1.807) is 6.08 Å². The van der Waals surface area contributed by atoms with Crippen LogP contribution in [0.25, 0.3) is 0 Å². The Hall–Kier alpha value is -1.13. The Kier molecular flexibility index (Phi) is 31.5. The van der Waals surface area contributed by atoms with E-state index in [1.165, 1.54) is 135 Å². The number of unbranched alkanes of at least 4 members (excludes halogenated alkanes) is 22. The molecule has 236 valence electrons. The first-order chi connectivity index (χ1) is 19.7. The fourth-order valence-corrected chi connectivity index (χ4v) is 5.18. The van der Waals surface area contributed by atoms with Gasteiger partial charge in [0.2, 0.25) is 5.91 Å². The fraction of sp³-hybridized carbons (Fsp3) is 0.861. The molecule has 0 radical (unpaired) electrons. The van der Waals surface area contributed by atoms with Crippen LogP contribution in [0.5, 0.6) is 0 Å². The number of hydrogen-bond donors (Lipinski definition) is 3. The van der Waals surface area contributed by atoms with E-state index in [2.05, 4.69) is 31.3 Å². The molecule has 0 unspecified atom stereocenters. The van der Waals surface area contributed by atoms with Crippen LogP contribution in [-0.4, -0.2) is 34.9 Å². The third kappa shape index (κ3) is 28.4. The predicted molar refractivity (Wildman–Crippen MR) is 175 cm³/mol. The molecule has 0 aromatic carbocycles. The second kappa shape index (κ2) is 32.4. The molecule has 40 heavy (non-hydrogen) atoms. The second-order valence-electron chi connectivity index (χ2n) is 11.9. The lowest BCUT2D eigenvalue weighted by Crippen LogP contribution is -2.45. The molecule has 0 fully saturated rings. The first-order valence-corrected chi connectivity index (χ1v) is 17.6. The largest absolute Gasteiger partial charge is 0.394 e. The summed E-state index contributed by atoms with van der Waals surface area (Å²) in [7, 11) is 0. The minimum Gasteiger partial charge on any atom is -0.394 e. The van der Waals surface area contributed by atoms with Gasteiger partial charge in [-0.2, -0.15) is 0 Å². The SMILES string of the molecule is CCC/C=C\CCCCCCCCC=C[C@@H](O)[C@H](CO)NC(=O)CCCCCCCCCCCCCCCCC. The number of rotatable bonds is 31. The Bertz CT molecular complexity index is 574. The van der Waals surface area contributed by atoms with Gasteiger partial charge in [0.15, 0.2) is 0 Å². The van der Waals surface area contributed by atoms with Gasteiger partial charge < -0.3 is 15.5 Å². The average molecular weight is 564 g/mol. The number of carbonyl (C=O) groups is 1. The third-order valence-electron chi connectivity index (χ3n) is 7.91. The Morgan fingerprint density at radius 2 is 1.00 bits per heavy atom. The van der Waals surface area contributed by atoms with Gasteiger partial charge >= 0.3 is 0 Å². The van der Waals surface area contributed by atoms with E-state index < -0.39 is 12.1 Å². The van der Waals surface area contributed by atoms with E-state index in [9.17, 15) is 15.0 Å². The first-order valence-electron chi connectivity index (χ1n) is 17.6. The van der Waals surface area contributed by atoms with Crippen molar-refractivity contribution in [3.05, 3.63) is 24.3 Å². The van der Waals surface area contributed by atoms with Gasteiger partial charge in [0.05, 0.1) is 18.8 Å². The lowest BCUT2D eigenvalue weighted by Gasteiger charge is -2.20. The van der Waals surface area contributed by atoms with Gasteiger partial charge in [-0.25, -0.2) is 0 Å². The summed E-state index contributed by atoms with van der Waals surface area (Å²) >= 11 is 0. The summed E-state index contributed by atoms with van der Waals surface area (Å²) in [5.41, 5.74) is 0. The topological polar surface area (TPSA) is 69.6 Å². The number of aliphatic hydroxyl groups is 2. The van der Waals surface area contributed by atoms with Gasteiger partial charge in [-0.15, -0.1) is 0 Å². The summed E-state index contributed by atoms with van der Waals surface area (Å²) in [6.07, 6.45) is 39.7. The first kappa shape index (κ1) is 38.9. The number of amides is 1. The van der Waals surface area contributed by atoms with Crippen molar-refractivity contribution >= 4 is 5.91 Å². The minimum absolute atomic E-state index is 0.0675. The zero-order valence-corrected chi connectivity index (χ0v) is 26.9. The minimum atomic E-state index is -0.837. The predicted octanol–water partition coefficient (Wildman–Crippen LogP) is 10.1. The molecule has 0 bridgehead atoms. The quantitative estimate of drug-likeness (QED) is 0.0580. The number of nitrogens with one attached hydrogen (secondary N) is 1. The summed E-state index contributed by atoms with van der Waals surface area (Å²) in [6, 6.07) is -0.619. The molecular weight excluding hydrogens is 494 g/mol. The van der Waals surface area contributed by atoms with Crippen molar-refractivity contribution in [3.8, 4) is 0 Å². The van der Waals surface area contributed by atoms with Crippen LogP contribution in [0.2, 0.25) is 0 Å². The normalized spacial score (nSPS) is 13.4. The van der Waals surface area contributed by atoms with Crippen LogP contribution < -0.4 is 5.32 Å². The molecule has 2 atom stereocenters. The van der Waals surface area contributed by atoms with Crippen LogP contribution in [0.15, 0.2) is 24.3 Å². The van der Waals surface area contributed by atoms with Crippen LogP contribution in [0.3, 0.4) is 0 Å². The molecule has 0 spiro atoms. The summed E-state index contributed by atoms with van der Waals surface area (Å²) in [4.78, 5) is 12.3. The molecule has 0 saturated carbocycles. The molecule has 4 nitrogen and oxygen atoms in total. The molecule has 0 rings (SSSR count). The molecule has 0 aliphatic heterocycles. The van der Waals surface area contributed by atoms with Crippen molar-refractivity contribution in [2.75, 3.05) is 6.61 Å². The number of hydrogen-bond acceptors (Lipinski definition) is 3. The van der Waals surface area contributed by atoms with Crippen molar-refractivity contribution < 1.29 is 15.0 Å². The van der Waals surface area contributed by atoms with Crippen molar-refractivity contribution in [3.63, 3.8) is 0 Å². The highest BCUT2D eigenvalue weighted by Crippen LogP contribution is 2.14. The second-order valence-corrected chi connectivity index (χ2v) is 11.9. The van der Waals surface area contributed by atoms with Crippen molar-refractivity contribution in [2.45, 2.75) is 193 Å². The Morgan fingerprint density at radius 1 is 0.575 bits per heavy atom. The number of carbonyl (C=O) groups excluding carboxylic acids is 1. The van der Waals surface area contributed by atoms with E-state index in [4.69, 9.17) is 0 Å². The summed E-state index contributed by atoms with van der Waals surface area (Å²) in [6.45, 7) is 4.24. The molecule has 0 saturated heterocycles. The van der Waals surface area contributed by atoms with Crippen molar-refractivity contribution in [1.82, 2.24) is 5.32 Å². The van der Waals surface area contributed by atoms with Crippen LogP contribution >= 0.6 is 0 Å². The lowest BCUT2D eigenvalue weighted by molar-refractivity contribution is -0.123. The highest BCUT2D eigenvalue weighted by atomic mass is 16.3. The molecule has 0 heterocycles. The average Bonchev–Trinajstić information content (AvgIpc) is 2.96. The molecule has 0 aliphatic rings. The molecule has 3 N–H and O–H groups in total. The number of aliphatic hydroxyl groups excluding tert-OH is 2. The fourth-order valence-electron chi connectivity index (χ4n) is 5.18. The molecular formula is C36H69NO3. The standard InChI is InChI=1S/C36H69NO3/c1-3-5-7-9-11-13-15-17-18-20-22-24-26-28-30-32-36(40)37-34(33-38)35(39)31-29-27-25-23-21-19-16-14-12-10-8-6-4-2/h8,10,29,31,34-35,38-39H,3-7,9,11-28,30,32-33H2,1-2H3,(H,37,40)/b10-8-,31-29?/t34-,35+/m0/s1. The maximum atomic E-state index is 12.3. The molecule has 0 aromatic rings. The molecule has 4 heteroatoms. The monoisotopic (exact) mass is 564 g/mol. The van der Waals surface area contributed by atoms with E-state index in [0.717, 1.165) is 25.7 Å². The van der Waals surface area contributed by atoms with E-state index in [0.29, 0.717) is 6.42 Å². The smallest absolute Gasteiger partial charge is 0.220 e. The van der Waals surface area contributed by atoms with Gasteiger partial charge in [-0.1, -0.05) is 160 Å². The van der Waals surface area contributed by atoms with Gasteiger partial charge in [0.1, 0.15) is 0 Å². The highest BCUT2D eigenvalue weighted by molar-refractivity contribution is 5.76. The van der Waals surface area contributed by atoms with Crippen LogP contribution in [0, 0.1) is 0 Å². The molecule has 1 amide bonds. The van der Waals surface area contributed by atoms with Gasteiger partial charge in [-0.3, -0.25) is 4.79 Å². The Balaban J connectivity index is 3.62. The maximum absolute atomic E-state index is 12.3. The zero-order valence-electron chi connectivity index (χ0n) is 26.9. The number of allylic oxidation sites excluding steroid dienone is 3. The summed E-state index contributed by atoms with van der Waals surface area (Å²) in [5, 5.41) is 22.8. The highest BCUT2D eigenvalue weighted by Gasteiger charge is 2.17. The van der Waals surface area contributed by atoms with E-state index in [1.807, 2.05) is 6.08 Å². The van der Waals surface area contributed by atoms with Crippen LogP contribution in [0.1, 0.15) is 181 Å². The van der Waals surface area contributed by atoms with E-state index in [-0.39, 0.29) is 12.5 Å². The van der Waals surface area contributed by atoms with Crippen LogP contribution in [0.4, 0.5) is 0 Å².